The Morgan fingerprint density at radius 3 is 2.70 bits per heavy atom. The summed E-state index contributed by atoms with van der Waals surface area (Å²) < 4.78 is 0. The Bertz CT molecular complexity index is 53.6. The molecule has 0 heterocycles. The molecule has 10 heavy (non-hydrogen) atoms. The molecule has 0 aromatic heterocycles. The van der Waals surface area contributed by atoms with E-state index in [1.54, 1.807) is 0 Å². The van der Waals surface area contributed by atoms with Crippen molar-refractivity contribution in [1.29, 1.82) is 0 Å². The molecule has 0 saturated carbocycles. The molecule has 0 N–H and O–H groups in total. The molecule has 0 nitrogen and oxygen atoms in total. The first-order valence-corrected chi connectivity index (χ1v) is 7.20. The number of hydrogen-bond acceptors (Lipinski definition) is 1. The lowest BCUT2D eigenvalue weighted by Crippen LogP contribution is -1.79. The molecular formula is C7H16ClPS. The molecule has 1 unspecified atom stereocenters. The standard InChI is InChI=1S/C7H16ClPS/c1-2-3-4-5-6-10-7-9-8/h9H,2-7H2,1H3. The van der Waals surface area contributed by atoms with Gasteiger partial charge in [-0.15, -0.1) is 0 Å². The molecule has 0 aromatic rings. The van der Waals surface area contributed by atoms with Crippen molar-refractivity contribution in [3.63, 3.8) is 0 Å². The van der Waals surface area contributed by atoms with E-state index in [0.717, 1.165) is 5.49 Å². The van der Waals surface area contributed by atoms with Crippen molar-refractivity contribution in [1.82, 2.24) is 0 Å². The van der Waals surface area contributed by atoms with Crippen LogP contribution in [-0.4, -0.2) is 11.2 Å². The summed E-state index contributed by atoms with van der Waals surface area (Å²) >= 11 is 7.53. The second kappa shape index (κ2) is 10.1. The summed E-state index contributed by atoms with van der Waals surface area (Å²) in [5, 5.41) is 0. The van der Waals surface area contributed by atoms with Crippen molar-refractivity contribution in [2.45, 2.75) is 32.6 Å². The Morgan fingerprint density at radius 2 is 2.10 bits per heavy atom. The fraction of sp³-hybridized carbons (Fsp3) is 1.00. The monoisotopic (exact) mass is 198 g/mol. The Kier molecular flexibility index (Phi) is 11.1. The minimum absolute atomic E-state index is 0.605. The molecule has 0 amide bonds. The van der Waals surface area contributed by atoms with E-state index in [-0.39, 0.29) is 0 Å². The van der Waals surface area contributed by atoms with Gasteiger partial charge in [0.15, 0.2) is 0 Å². The van der Waals surface area contributed by atoms with Gasteiger partial charge in [-0.25, -0.2) is 0 Å². The first-order chi connectivity index (χ1) is 4.91. The highest BCUT2D eigenvalue weighted by Gasteiger charge is 1.88. The Balaban J connectivity index is 2.65. The van der Waals surface area contributed by atoms with Gasteiger partial charge in [-0.1, -0.05) is 37.4 Å². The van der Waals surface area contributed by atoms with E-state index in [4.69, 9.17) is 11.2 Å². The third-order valence-electron chi connectivity index (χ3n) is 1.30. The van der Waals surface area contributed by atoms with Crippen LogP contribution in [0.3, 0.4) is 0 Å². The third kappa shape index (κ3) is 9.07. The van der Waals surface area contributed by atoms with Crippen LogP contribution in [0.1, 0.15) is 32.6 Å². The fourth-order valence-corrected chi connectivity index (χ4v) is 2.73. The van der Waals surface area contributed by atoms with E-state index in [0.29, 0.717) is 7.93 Å². The van der Waals surface area contributed by atoms with Crippen LogP contribution < -0.4 is 0 Å². The first-order valence-electron chi connectivity index (χ1n) is 3.83. The lowest BCUT2D eigenvalue weighted by atomic mass is 10.2. The van der Waals surface area contributed by atoms with Crippen LogP contribution in [0, 0.1) is 0 Å². The largest absolute Gasteiger partial charge is 0.156 e. The van der Waals surface area contributed by atoms with Gasteiger partial charge in [-0.05, 0) is 20.1 Å². The number of hydrogen-bond donors (Lipinski definition) is 0. The fourth-order valence-electron chi connectivity index (χ4n) is 0.742. The van der Waals surface area contributed by atoms with E-state index in [1.807, 2.05) is 11.8 Å². The predicted molar refractivity (Wildman–Crippen MR) is 55.6 cm³/mol. The van der Waals surface area contributed by atoms with Gasteiger partial charge in [0.2, 0.25) is 0 Å². The lowest BCUT2D eigenvalue weighted by molar-refractivity contribution is 0.707. The normalized spacial score (nSPS) is 11.4. The zero-order valence-electron chi connectivity index (χ0n) is 6.53. The highest BCUT2D eigenvalue weighted by atomic mass is 35.7. The van der Waals surface area contributed by atoms with Crippen LogP contribution in [0.15, 0.2) is 0 Å². The smallest absolute Gasteiger partial charge is 0.0247 e. The van der Waals surface area contributed by atoms with Crippen LogP contribution in [0.2, 0.25) is 0 Å². The maximum absolute atomic E-state index is 5.55. The summed E-state index contributed by atoms with van der Waals surface area (Å²) in [6.07, 6.45) is 5.50. The molecule has 0 bridgehead atoms. The summed E-state index contributed by atoms with van der Waals surface area (Å²) in [7, 11) is 0.605. The zero-order chi connectivity index (χ0) is 7.66. The highest BCUT2D eigenvalue weighted by Crippen LogP contribution is 2.23. The summed E-state index contributed by atoms with van der Waals surface area (Å²) in [6, 6.07) is 0. The quantitative estimate of drug-likeness (QED) is 0.439. The molecule has 0 saturated heterocycles. The van der Waals surface area contributed by atoms with E-state index in [1.165, 1.54) is 31.4 Å². The first kappa shape index (κ1) is 11.1. The van der Waals surface area contributed by atoms with Crippen LogP contribution in [0.4, 0.5) is 0 Å². The number of thioether (sulfide) groups is 1. The molecule has 62 valence electrons. The van der Waals surface area contributed by atoms with Crippen molar-refractivity contribution >= 4 is 30.9 Å². The average Bonchev–Trinajstić information content (AvgIpc) is 1.97. The third-order valence-corrected chi connectivity index (χ3v) is 4.11. The van der Waals surface area contributed by atoms with E-state index < -0.39 is 0 Å². The Labute approximate surface area is 75.1 Å². The summed E-state index contributed by atoms with van der Waals surface area (Å²) in [6.45, 7) is 2.24. The molecular weight excluding hydrogens is 183 g/mol. The molecule has 3 heteroatoms. The van der Waals surface area contributed by atoms with Gasteiger partial charge < -0.3 is 0 Å². The number of halogens is 1. The SMILES string of the molecule is CCCCCCSCPCl. The van der Waals surface area contributed by atoms with Crippen molar-refractivity contribution < 1.29 is 0 Å². The lowest BCUT2D eigenvalue weighted by Gasteiger charge is -1.97. The topological polar surface area (TPSA) is 0 Å². The van der Waals surface area contributed by atoms with Gasteiger partial charge in [-0.3, -0.25) is 0 Å². The van der Waals surface area contributed by atoms with Gasteiger partial charge in [0.05, 0.1) is 0 Å². The van der Waals surface area contributed by atoms with Crippen molar-refractivity contribution in [2.24, 2.45) is 0 Å². The van der Waals surface area contributed by atoms with E-state index in [9.17, 15) is 0 Å². The van der Waals surface area contributed by atoms with Crippen molar-refractivity contribution in [3.8, 4) is 0 Å². The van der Waals surface area contributed by atoms with Gasteiger partial charge in [-0.2, -0.15) is 11.8 Å². The molecule has 0 radical (unpaired) electrons. The molecule has 0 aliphatic carbocycles. The molecule has 0 aromatic carbocycles. The maximum atomic E-state index is 5.55. The summed E-state index contributed by atoms with van der Waals surface area (Å²) in [5.74, 6) is 1.31. The van der Waals surface area contributed by atoms with Gasteiger partial charge in [0.1, 0.15) is 0 Å². The van der Waals surface area contributed by atoms with Gasteiger partial charge in [0, 0.05) is 5.49 Å². The van der Waals surface area contributed by atoms with Crippen molar-refractivity contribution in [3.05, 3.63) is 0 Å². The second-order valence-corrected chi connectivity index (χ2v) is 5.29. The van der Waals surface area contributed by atoms with E-state index in [2.05, 4.69) is 6.92 Å². The molecule has 0 fully saturated rings. The predicted octanol–water partition coefficient (Wildman–Crippen LogP) is 4.09. The maximum Gasteiger partial charge on any atom is 0.0247 e. The molecule has 0 rings (SSSR count). The summed E-state index contributed by atoms with van der Waals surface area (Å²) in [5.41, 5.74) is 1.15. The highest BCUT2D eigenvalue weighted by molar-refractivity contribution is 8.05. The summed E-state index contributed by atoms with van der Waals surface area (Å²) in [4.78, 5) is 0. The number of rotatable bonds is 7. The molecule has 0 spiro atoms. The van der Waals surface area contributed by atoms with Crippen molar-refractivity contribution in [2.75, 3.05) is 11.2 Å². The molecule has 0 aliphatic heterocycles. The zero-order valence-corrected chi connectivity index (χ0v) is 9.10. The van der Waals surface area contributed by atoms with Gasteiger partial charge in [0.25, 0.3) is 0 Å². The second-order valence-electron chi connectivity index (χ2n) is 2.25. The van der Waals surface area contributed by atoms with Crippen LogP contribution >= 0.6 is 30.9 Å². The minimum Gasteiger partial charge on any atom is -0.156 e. The molecule has 0 aliphatic rings. The van der Waals surface area contributed by atoms with Crippen LogP contribution in [0.25, 0.3) is 0 Å². The van der Waals surface area contributed by atoms with Crippen LogP contribution in [0.5, 0.6) is 0 Å². The van der Waals surface area contributed by atoms with Gasteiger partial charge >= 0.3 is 0 Å². The Morgan fingerprint density at radius 1 is 1.30 bits per heavy atom. The van der Waals surface area contributed by atoms with E-state index >= 15 is 0 Å². The molecule has 1 atom stereocenters. The Hall–Kier alpha value is 1.07. The minimum atomic E-state index is 0.605. The average molecular weight is 199 g/mol. The van der Waals surface area contributed by atoms with Crippen LogP contribution in [-0.2, 0) is 0 Å². The number of unbranched alkanes of at least 4 members (excludes halogenated alkanes) is 3.